The van der Waals surface area contributed by atoms with Crippen LogP contribution in [0.1, 0.15) is 5.56 Å². The van der Waals surface area contributed by atoms with Crippen LogP contribution in [0.15, 0.2) is 36.5 Å². The van der Waals surface area contributed by atoms with Crippen molar-refractivity contribution in [2.45, 2.75) is 6.54 Å². The van der Waals surface area contributed by atoms with Gasteiger partial charge in [-0.1, -0.05) is 17.7 Å². The quantitative estimate of drug-likeness (QED) is 0.665. The molecule has 3 rings (SSSR count). The molecule has 0 bridgehead atoms. The highest BCUT2D eigenvalue weighted by Gasteiger charge is 2.13. The molecular weight excluding hydrogens is 301 g/mol. The number of halogens is 4. The van der Waals surface area contributed by atoms with E-state index in [0.29, 0.717) is 5.02 Å². The second-order valence-corrected chi connectivity index (χ2v) is 5.02. The van der Waals surface area contributed by atoms with Crippen LogP contribution in [0.4, 0.5) is 18.9 Å². The molecule has 0 aliphatic rings. The minimum Gasteiger partial charge on any atom is -0.378 e. The Morgan fingerprint density at radius 1 is 1.05 bits per heavy atom. The molecule has 0 saturated carbocycles. The SMILES string of the molecule is Fc1ccc(NCc2c[nH]c3cc(Cl)ccc23)c(F)c1F. The fourth-order valence-electron chi connectivity index (χ4n) is 2.16. The van der Waals surface area contributed by atoms with Crippen molar-refractivity contribution >= 4 is 28.2 Å². The zero-order chi connectivity index (χ0) is 15.0. The van der Waals surface area contributed by atoms with Crippen molar-refractivity contribution in [2.75, 3.05) is 5.32 Å². The Morgan fingerprint density at radius 3 is 2.67 bits per heavy atom. The van der Waals surface area contributed by atoms with Gasteiger partial charge in [-0.2, -0.15) is 0 Å². The Balaban J connectivity index is 1.85. The zero-order valence-electron chi connectivity index (χ0n) is 10.7. The normalized spacial score (nSPS) is 11.0. The third-order valence-electron chi connectivity index (χ3n) is 3.23. The fourth-order valence-corrected chi connectivity index (χ4v) is 2.33. The molecule has 0 unspecified atom stereocenters. The Kier molecular flexibility index (Phi) is 3.51. The second-order valence-electron chi connectivity index (χ2n) is 4.58. The smallest absolute Gasteiger partial charge is 0.196 e. The van der Waals surface area contributed by atoms with Gasteiger partial charge in [0.2, 0.25) is 0 Å². The molecule has 21 heavy (non-hydrogen) atoms. The minimum atomic E-state index is -1.48. The summed E-state index contributed by atoms with van der Waals surface area (Å²) in [6.07, 6.45) is 1.76. The molecule has 2 nitrogen and oxygen atoms in total. The summed E-state index contributed by atoms with van der Waals surface area (Å²) in [4.78, 5) is 3.05. The standard InChI is InChI=1S/C15H10ClF3N2/c16-9-1-2-10-8(7-21-13(10)5-9)6-20-12-4-3-11(17)14(18)15(12)19/h1-5,7,20-21H,6H2. The number of hydrogen-bond acceptors (Lipinski definition) is 1. The lowest BCUT2D eigenvalue weighted by atomic mass is 10.1. The number of anilines is 1. The summed E-state index contributed by atoms with van der Waals surface area (Å²) in [6, 6.07) is 7.42. The average Bonchev–Trinajstić information content (AvgIpc) is 2.86. The van der Waals surface area contributed by atoms with Gasteiger partial charge >= 0.3 is 0 Å². The van der Waals surface area contributed by atoms with Crippen LogP contribution in [0, 0.1) is 17.5 Å². The maximum atomic E-state index is 13.6. The Hall–Kier alpha value is -2.14. The zero-order valence-corrected chi connectivity index (χ0v) is 11.4. The molecule has 0 saturated heterocycles. The number of hydrogen-bond donors (Lipinski definition) is 2. The van der Waals surface area contributed by atoms with E-state index in [1.165, 1.54) is 6.07 Å². The van der Waals surface area contributed by atoms with Crippen LogP contribution in [0.5, 0.6) is 0 Å². The molecule has 0 fully saturated rings. The van der Waals surface area contributed by atoms with Crippen molar-refractivity contribution in [1.82, 2.24) is 4.98 Å². The molecule has 0 aliphatic carbocycles. The van der Waals surface area contributed by atoms with E-state index in [0.717, 1.165) is 22.5 Å². The van der Waals surface area contributed by atoms with Crippen LogP contribution in [0.3, 0.4) is 0 Å². The topological polar surface area (TPSA) is 27.8 Å². The molecule has 2 N–H and O–H groups in total. The van der Waals surface area contributed by atoms with Crippen molar-refractivity contribution in [1.29, 1.82) is 0 Å². The maximum Gasteiger partial charge on any atom is 0.196 e. The molecule has 0 radical (unpaired) electrons. The first-order valence-electron chi connectivity index (χ1n) is 6.19. The van der Waals surface area contributed by atoms with E-state index in [-0.39, 0.29) is 12.2 Å². The van der Waals surface area contributed by atoms with E-state index in [9.17, 15) is 13.2 Å². The number of fused-ring (bicyclic) bond motifs is 1. The van der Waals surface area contributed by atoms with Crippen LogP contribution in [-0.2, 0) is 6.54 Å². The van der Waals surface area contributed by atoms with Gasteiger partial charge in [0.1, 0.15) is 0 Å². The van der Waals surface area contributed by atoms with Crippen LogP contribution >= 0.6 is 11.6 Å². The summed E-state index contributed by atoms with van der Waals surface area (Å²) >= 11 is 5.89. The number of benzene rings is 2. The molecule has 0 amide bonds. The Labute approximate surface area is 123 Å². The Morgan fingerprint density at radius 2 is 1.86 bits per heavy atom. The van der Waals surface area contributed by atoms with Crippen LogP contribution in [-0.4, -0.2) is 4.98 Å². The third kappa shape index (κ3) is 2.56. The summed E-state index contributed by atoms with van der Waals surface area (Å²) in [7, 11) is 0. The van der Waals surface area contributed by atoms with Crippen molar-refractivity contribution < 1.29 is 13.2 Å². The largest absolute Gasteiger partial charge is 0.378 e. The van der Waals surface area contributed by atoms with Crippen molar-refractivity contribution in [3.63, 3.8) is 0 Å². The van der Waals surface area contributed by atoms with Crippen LogP contribution in [0.25, 0.3) is 10.9 Å². The highest BCUT2D eigenvalue weighted by Crippen LogP contribution is 2.24. The van der Waals surface area contributed by atoms with Gasteiger partial charge in [0, 0.05) is 28.7 Å². The maximum absolute atomic E-state index is 13.6. The first kappa shape index (κ1) is 13.8. The molecule has 0 spiro atoms. The summed E-state index contributed by atoms with van der Waals surface area (Å²) in [6.45, 7) is 0.267. The van der Waals surface area contributed by atoms with Crippen LogP contribution in [0.2, 0.25) is 5.02 Å². The van der Waals surface area contributed by atoms with E-state index < -0.39 is 17.5 Å². The lowest BCUT2D eigenvalue weighted by molar-refractivity contribution is 0.449. The number of rotatable bonds is 3. The Bertz CT molecular complexity index is 814. The number of nitrogens with one attached hydrogen (secondary N) is 2. The van der Waals surface area contributed by atoms with Crippen molar-refractivity contribution in [2.24, 2.45) is 0 Å². The molecule has 0 atom stereocenters. The number of H-pyrrole nitrogens is 1. The highest BCUT2D eigenvalue weighted by atomic mass is 35.5. The predicted octanol–water partition coefficient (Wildman–Crippen LogP) is 4.85. The molecule has 0 aliphatic heterocycles. The summed E-state index contributed by atoms with van der Waals surface area (Å²) in [5.41, 5.74) is 1.63. The first-order valence-corrected chi connectivity index (χ1v) is 6.57. The molecule has 6 heteroatoms. The van der Waals surface area contributed by atoms with Gasteiger partial charge in [0.15, 0.2) is 17.5 Å². The lowest BCUT2D eigenvalue weighted by Gasteiger charge is -2.08. The summed E-state index contributed by atoms with van der Waals surface area (Å²) in [5.74, 6) is -3.91. The summed E-state index contributed by atoms with van der Waals surface area (Å²) < 4.78 is 39.6. The predicted molar refractivity (Wildman–Crippen MR) is 77.0 cm³/mol. The fraction of sp³-hybridized carbons (Fsp3) is 0.0667. The minimum absolute atomic E-state index is 0.0859. The summed E-state index contributed by atoms with van der Waals surface area (Å²) in [5, 5.41) is 4.29. The third-order valence-corrected chi connectivity index (χ3v) is 3.47. The van der Waals surface area contributed by atoms with E-state index in [4.69, 9.17) is 11.6 Å². The van der Waals surface area contributed by atoms with Crippen LogP contribution < -0.4 is 5.32 Å². The van der Waals surface area contributed by atoms with E-state index in [1.54, 1.807) is 18.3 Å². The average molecular weight is 311 g/mol. The molecule has 1 aromatic heterocycles. The highest BCUT2D eigenvalue weighted by molar-refractivity contribution is 6.31. The van der Waals surface area contributed by atoms with E-state index in [1.807, 2.05) is 6.07 Å². The van der Waals surface area contributed by atoms with Gasteiger partial charge in [0.05, 0.1) is 5.69 Å². The van der Waals surface area contributed by atoms with E-state index in [2.05, 4.69) is 10.3 Å². The second kappa shape index (κ2) is 5.33. The molecule has 2 aromatic carbocycles. The molecule has 1 heterocycles. The lowest BCUT2D eigenvalue weighted by Crippen LogP contribution is -2.03. The molecular formula is C15H10ClF3N2. The van der Waals surface area contributed by atoms with Gasteiger partial charge in [-0.25, -0.2) is 13.2 Å². The van der Waals surface area contributed by atoms with Gasteiger partial charge in [-0.05, 0) is 29.8 Å². The van der Waals surface area contributed by atoms with Crippen molar-refractivity contribution in [3.05, 3.63) is 64.6 Å². The monoisotopic (exact) mass is 310 g/mol. The van der Waals surface area contributed by atoms with Gasteiger partial charge in [0.25, 0.3) is 0 Å². The van der Waals surface area contributed by atoms with Crippen molar-refractivity contribution in [3.8, 4) is 0 Å². The first-order chi connectivity index (χ1) is 10.1. The van der Waals surface area contributed by atoms with Gasteiger partial charge < -0.3 is 10.3 Å². The van der Waals surface area contributed by atoms with Gasteiger partial charge in [-0.3, -0.25) is 0 Å². The van der Waals surface area contributed by atoms with E-state index >= 15 is 0 Å². The number of aromatic nitrogens is 1. The molecule has 108 valence electrons. The molecule has 3 aromatic rings. The van der Waals surface area contributed by atoms with Gasteiger partial charge in [-0.15, -0.1) is 0 Å². The number of aromatic amines is 1.